The molecule has 3 nitrogen and oxygen atoms in total. The third kappa shape index (κ3) is 1.21. The van der Waals surface area contributed by atoms with Crippen LogP contribution in [0.15, 0.2) is 22.7 Å². The zero-order valence-electron chi connectivity index (χ0n) is 7.29. The maximum Gasteiger partial charge on any atom is 0.154 e. The van der Waals surface area contributed by atoms with Crippen molar-refractivity contribution in [2.24, 2.45) is 0 Å². The summed E-state index contributed by atoms with van der Waals surface area (Å²) in [5.74, 6) is 0.587. The lowest BCUT2D eigenvalue weighted by atomic mass is 10.2. The van der Waals surface area contributed by atoms with E-state index >= 15 is 0 Å². The lowest BCUT2D eigenvalue weighted by Crippen LogP contribution is -1.96. The van der Waals surface area contributed by atoms with Crippen LogP contribution in [0.25, 0.3) is 10.9 Å². The summed E-state index contributed by atoms with van der Waals surface area (Å²) >= 11 is 3.46. The number of fused-ring (bicyclic) bond motifs is 1. The summed E-state index contributed by atoms with van der Waals surface area (Å²) in [5, 5.41) is 5.24. The Hall–Kier alpha value is -1.03. The lowest BCUT2D eigenvalue weighted by Gasteiger charge is -1.97. The van der Waals surface area contributed by atoms with Crippen LogP contribution in [0.5, 0.6) is 0 Å². The molecule has 1 aromatic heterocycles. The number of halogens is 1. The van der Waals surface area contributed by atoms with Crippen molar-refractivity contribution < 1.29 is 0 Å². The molecule has 0 aliphatic heterocycles. The fourth-order valence-corrected chi connectivity index (χ4v) is 2.02. The Kier molecular flexibility index (Phi) is 2.00. The summed E-state index contributed by atoms with van der Waals surface area (Å²) in [4.78, 5) is 0. The number of nitrogen functional groups attached to an aromatic ring is 1. The van der Waals surface area contributed by atoms with E-state index < -0.39 is 0 Å². The minimum absolute atomic E-state index is 0.587. The SMILES string of the molecule is CCn1nc(N)c2c(Br)cccc21. The maximum atomic E-state index is 5.79. The first-order valence-electron chi connectivity index (χ1n) is 4.14. The Morgan fingerprint density at radius 2 is 2.31 bits per heavy atom. The first-order chi connectivity index (χ1) is 6.24. The zero-order valence-corrected chi connectivity index (χ0v) is 8.87. The molecule has 1 heterocycles. The van der Waals surface area contributed by atoms with Gasteiger partial charge in [0, 0.05) is 11.0 Å². The highest BCUT2D eigenvalue weighted by Crippen LogP contribution is 2.28. The van der Waals surface area contributed by atoms with Crippen LogP contribution in [0.1, 0.15) is 6.92 Å². The number of aryl methyl sites for hydroxylation is 1. The molecule has 2 N–H and O–H groups in total. The van der Waals surface area contributed by atoms with Crippen LogP contribution in [-0.4, -0.2) is 9.78 Å². The normalized spacial score (nSPS) is 10.9. The highest BCUT2D eigenvalue weighted by Gasteiger charge is 2.08. The van der Waals surface area contributed by atoms with Crippen molar-refractivity contribution in [2.75, 3.05) is 5.73 Å². The van der Waals surface area contributed by atoms with Crippen LogP contribution in [0, 0.1) is 0 Å². The number of benzene rings is 1. The Balaban J connectivity index is 2.87. The molecule has 0 aliphatic carbocycles. The lowest BCUT2D eigenvalue weighted by molar-refractivity contribution is 0.687. The van der Waals surface area contributed by atoms with Crippen LogP contribution in [0.4, 0.5) is 5.82 Å². The molecule has 68 valence electrons. The quantitative estimate of drug-likeness (QED) is 0.831. The fourth-order valence-electron chi connectivity index (χ4n) is 1.46. The van der Waals surface area contributed by atoms with Gasteiger partial charge in [0.15, 0.2) is 5.82 Å². The van der Waals surface area contributed by atoms with Gasteiger partial charge >= 0.3 is 0 Å². The molecular formula is C9H10BrN3. The Labute approximate surface area is 84.7 Å². The highest BCUT2D eigenvalue weighted by atomic mass is 79.9. The summed E-state index contributed by atoms with van der Waals surface area (Å²) in [7, 11) is 0. The van der Waals surface area contributed by atoms with E-state index in [1.54, 1.807) is 0 Å². The Bertz CT molecular complexity index is 447. The van der Waals surface area contributed by atoms with E-state index in [-0.39, 0.29) is 0 Å². The molecule has 0 saturated heterocycles. The van der Waals surface area contributed by atoms with E-state index in [0.717, 1.165) is 21.9 Å². The van der Waals surface area contributed by atoms with Gasteiger partial charge in [0.1, 0.15) is 0 Å². The van der Waals surface area contributed by atoms with E-state index in [0.29, 0.717) is 5.82 Å². The molecular weight excluding hydrogens is 230 g/mol. The van der Waals surface area contributed by atoms with Crippen molar-refractivity contribution >= 4 is 32.7 Å². The second kappa shape index (κ2) is 3.03. The highest BCUT2D eigenvalue weighted by molar-refractivity contribution is 9.10. The minimum atomic E-state index is 0.587. The number of aromatic nitrogens is 2. The van der Waals surface area contributed by atoms with Crippen molar-refractivity contribution in [3.63, 3.8) is 0 Å². The van der Waals surface area contributed by atoms with Crippen LogP contribution in [0.3, 0.4) is 0 Å². The van der Waals surface area contributed by atoms with Gasteiger partial charge in [-0.2, -0.15) is 5.10 Å². The first-order valence-corrected chi connectivity index (χ1v) is 4.94. The molecule has 2 aromatic rings. The van der Waals surface area contributed by atoms with Gasteiger partial charge in [0.05, 0.1) is 10.9 Å². The molecule has 4 heteroatoms. The topological polar surface area (TPSA) is 43.8 Å². The fraction of sp³-hybridized carbons (Fsp3) is 0.222. The van der Waals surface area contributed by atoms with Gasteiger partial charge in [-0.1, -0.05) is 6.07 Å². The van der Waals surface area contributed by atoms with Crippen LogP contribution < -0.4 is 5.73 Å². The van der Waals surface area contributed by atoms with Gasteiger partial charge in [-0.3, -0.25) is 4.68 Å². The second-order valence-electron chi connectivity index (χ2n) is 2.83. The molecule has 1 aromatic carbocycles. The van der Waals surface area contributed by atoms with Crippen molar-refractivity contribution in [3.8, 4) is 0 Å². The van der Waals surface area contributed by atoms with E-state index in [1.165, 1.54) is 0 Å². The molecule has 0 aliphatic rings. The van der Waals surface area contributed by atoms with Crippen LogP contribution in [0.2, 0.25) is 0 Å². The largest absolute Gasteiger partial charge is 0.382 e. The summed E-state index contributed by atoms with van der Waals surface area (Å²) < 4.78 is 2.90. The predicted octanol–water partition coefficient (Wildman–Crippen LogP) is 2.40. The predicted molar refractivity (Wildman–Crippen MR) is 57.5 cm³/mol. The van der Waals surface area contributed by atoms with Gasteiger partial charge in [0.2, 0.25) is 0 Å². The summed E-state index contributed by atoms with van der Waals surface area (Å²) in [5.41, 5.74) is 6.87. The van der Waals surface area contributed by atoms with Crippen molar-refractivity contribution in [2.45, 2.75) is 13.5 Å². The summed E-state index contributed by atoms with van der Waals surface area (Å²) in [6, 6.07) is 5.98. The average molecular weight is 240 g/mol. The van der Waals surface area contributed by atoms with Crippen LogP contribution >= 0.6 is 15.9 Å². The first kappa shape index (κ1) is 8.56. The summed E-state index contributed by atoms with van der Waals surface area (Å²) in [6.45, 7) is 2.89. The second-order valence-corrected chi connectivity index (χ2v) is 3.69. The van der Waals surface area contributed by atoms with Crippen LogP contribution in [-0.2, 0) is 6.54 Å². The standard InChI is InChI=1S/C9H10BrN3/c1-2-13-7-5-3-4-6(10)8(7)9(11)12-13/h3-5H,2H2,1H3,(H2,11,12). The maximum absolute atomic E-state index is 5.79. The number of rotatable bonds is 1. The van der Waals surface area contributed by atoms with E-state index in [1.807, 2.05) is 29.8 Å². The van der Waals surface area contributed by atoms with Gasteiger partial charge in [-0.05, 0) is 35.0 Å². The average Bonchev–Trinajstić information content (AvgIpc) is 2.44. The number of nitrogens with zero attached hydrogens (tertiary/aromatic N) is 2. The van der Waals surface area contributed by atoms with Crippen molar-refractivity contribution in [1.82, 2.24) is 9.78 Å². The zero-order chi connectivity index (χ0) is 9.42. The Morgan fingerprint density at radius 3 is 3.00 bits per heavy atom. The molecule has 13 heavy (non-hydrogen) atoms. The molecule has 2 rings (SSSR count). The van der Waals surface area contributed by atoms with Gasteiger partial charge in [-0.15, -0.1) is 0 Å². The molecule has 0 spiro atoms. The van der Waals surface area contributed by atoms with E-state index in [9.17, 15) is 0 Å². The molecule has 0 bridgehead atoms. The summed E-state index contributed by atoms with van der Waals surface area (Å²) in [6.07, 6.45) is 0. The molecule has 0 saturated carbocycles. The van der Waals surface area contributed by atoms with E-state index in [2.05, 4.69) is 21.0 Å². The van der Waals surface area contributed by atoms with Gasteiger partial charge in [-0.25, -0.2) is 0 Å². The minimum Gasteiger partial charge on any atom is -0.382 e. The molecule has 0 amide bonds. The third-order valence-electron chi connectivity index (χ3n) is 2.05. The van der Waals surface area contributed by atoms with Crippen molar-refractivity contribution in [1.29, 1.82) is 0 Å². The van der Waals surface area contributed by atoms with Crippen molar-refractivity contribution in [3.05, 3.63) is 22.7 Å². The Morgan fingerprint density at radius 1 is 1.54 bits per heavy atom. The number of hydrogen-bond donors (Lipinski definition) is 1. The number of nitrogens with two attached hydrogens (primary N) is 1. The monoisotopic (exact) mass is 239 g/mol. The van der Waals surface area contributed by atoms with Gasteiger partial charge < -0.3 is 5.73 Å². The molecule has 0 radical (unpaired) electrons. The smallest absolute Gasteiger partial charge is 0.154 e. The molecule has 0 atom stereocenters. The number of hydrogen-bond acceptors (Lipinski definition) is 2. The third-order valence-corrected chi connectivity index (χ3v) is 2.71. The molecule has 0 unspecified atom stereocenters. The molecule has 0 fully saturated rings. The van der Waals surface area contributed by atoms with Gasteiger partial charge in [0.25, 0.3) is 0 Å². The van der Waals surface area contributed by atoms with E-state index in [4.69, 9.17) is 5.73 Å². The number of anilines is 1.